The lowest BCUT2D eigenvalue weighted by Gasteiger charge is -2.21. The lowest BCUT2D eigenvalue weighted by Crippen LogP contribution is -2.31. The number of carbonyl (C=O) groups is 2. The van der Waals surface area contributed by atoms with Gasteiger partial charge in [-0.25, -0.2) is 0 Å². The Morgan fingerprint density at radius 3 is 2.71 bits per heavy atom. The van der Waals surface area contributed by atoms with Crippen molar-refractivity contribution in [2.75, 3.05) is 16.8 Å². The predicted octanol–water partition coefficient (Wildman–Crippen LogP) is 3.85. The first-order chi connectivity index (χ1) is 11.5. The number of nitrogens with zero attached hydrogens (tertiary/aromatic N) is 1. The van der Waals surface area contributed by atoms with Crippen LogP contribution in [0.3, 0.4) is 0 Å². The Bertz CT molecular complexity index is 817. The lowest BCUT2D eigenvalue weighted by atomic mass is 10.1. The van der Waals surface area contributed by atoms with Gasteiger partial charge in [-0.2, -0.15) is 0 Å². The molecule has 2 aromatic carbocycles. The Morgan fingerprint density at radius 2 is 2.00 bits per heavy atom. The van der Waals surface area contributed by atoms with Gasteiger partial charge >= 0.3 is 0 Å². The molecule has 3 rings (SSSR count). The van der Waals surface area contributed by atoms with Crippen LogP contribution in [0.1, 0.15) is 23.6 Å². The maximum Gasteiger partial charge on any atom is 0.231 e. The second-order valence-electron chi connectivity index (χ2n) is 6.04. The molecule has 0 fully saturated rings. The van der Waals surface area contributed by atoms with E-state index in [1.165, 1.54) is 6.92 Å². The van der Waals surface area contributed by atoms with Gasteiger partial charge in [0.1, 0.15) is 0 Å². The molecule has 1 N–H and O–H groups in total. The van der Waals surface area contributed by atoms with Crippen LogP contribution >= 0.6 is 15.9 Å². The molecular weight excluding hydrogens is 368 g/mol. The standard InChI is InChI=1S/C19H19BrN2O2/c1-12-5-3-4-6-14(12)10-18(24)22-8-7-15-9-16(20)11-17(19(15)22)21-13(2)23/h3-6,9,11H,7-8,10H2,1-2H3,(H,21,23). The molecule has 1 aliphatic rings. The molecule has 124 valence electrons. The zero-order valence-electron chi connectivity index (χ0n) is 13.7. The van der Waals surface area contributed by atoms with Crippen LogP contribution in [0.15, 0.2) is 40.9 Å². The number of carbonyl (C=O) groups excluding carboxylic acids is 2. The Balaban J connectivity index is 1.92. The van der Waals surface area contributed by atoms with Crippen LogP contribution in [0, 0.1) is 6.92 Å². The number of benzene rings is 2. The molecule has 1 heterocycles. The molecule has 0 spiro atoms. The molecule has 0 radical (unpaired) electrons. The number of fused-ring (bicyclic) bond motifs is 1. The van der Waals surface area contributed by atoms with Crippen molar-refractivity contribution in [1.82, 2.24) is 0 Å². The van der Waals surface area contributed by atoms with Crippen molar-refractivity contribution in [1.29, 1.82) is 0 Å². The molecule has 4 nitrogen and oxygen atoms in total. The van der Waals surface area contributed by atoms with Gasteiger partial charge in [0.05, 0.1) is 17.8 Å². The van der Waals surface area contributed by atoms with Gasteiger partial charge in [-0.05, 0) is 42.2 Å². The average molecular weight is 387 g/mol. The van der Waals surface area contributed by atoms with Gasteiger partial charge < -0.3 is 10.2 Å². The molecule has 24 heavy (non-hydrogen) atoms. The van der Waals surface area contributed by atoms with E-state index in [9.17, 15) is 9.59 Å². The number of nitrogens with one attached hydrogen (secondary N) is 1. The number of hydrogen-bond acceptors (Lipinski definition) is 2. The highest BCUT2D eigenvalue weighted by molar-refractivity contribution is 9.10. The zero-order chi connectivity index (χ0) is 17.3. The molecule has 0 saturated carbocycles. The highest BCUT2D eigenvalue weighted by Gasteiger charge is 2.28. The number of amides is 2. The second-order valence-corrected chi connectivity index (χ2v) is 6.96. The van der Waals surface area contributed by atoms with Crippen molar-refractivity contribution >= 4 is 39.1 Å². The molecule has 2 aromatic rings. The van der Waals surface area contributed by atoms with Crippen LogP contribution in [0.2, 0.25) is 0 Å². The van der Waals surface area contributed by atoms with Gasteiger partial charge in [-0.15, -0.1) is 0 Å². The molecule has 0 unspecified atom stereocenters. The summed E-state index contributed by atoms with van der Waals surface area (Å²) >= 11 is 3.47. The fraction of sp³-hybridized carbons (Fsp3) is 0.263. The normalized spacial score (nSPS) is 12.9. The molecular formula is C19H19BrN2O2. The van der Waals surface area contributed by atoms with E-state index in [2.05, 4.69) is 21.2 Å². The summed E-state index contributed by atoms with van der Waals surface area (Å²) in [7, 11) is 0. The van der Waals surface area contributed by atoms with Crippen LogP contribution in [0.4, 0.5) is 11.4 Å². The molecule has 0 atom stereocenters. The van der Waals surface area contributed by atoms with E-state index < -0.39 is 0 Å². The number of aryl methyl sites for hydroxylation is 1. The summed E-state index contributed by atoms with van der Waals surface area (Å²) in [6.07, 6.45) is 1.16. The summed E-state index contributed by atoms with van der Waals surface area (Å²) in [6, 6.07) is 11.8. The zero-order valence-corrected chi connectivity index (χ0v) is 15.3. The van der Waals surface area contributed by atoms with Gasteiger partial charge in [-0.3, -0.25) is 9.59 Å². The molecule has 0 aromatic heterocycles. The molecule has 1 aliphatic heterocycles. The van der Waals surface area contributed by atoms with E-state index in [4.69, 9.17) is 0 Å². The minimum absolute atomic E-state index is 0.0528. The first kappa shape index (κ1) is 16.7. The van der Waals surface area contributed by atoms with Crippen molar-refractivity contribution in [3.63, 3.8) is 0 Å². The van der Waals surface area contributed by atoms with Crippen molar-refractivity contribution in [2.24, 2.45) is 0 Å². The monoisotopic (exact) mass is 386 g/mol. The van der Waals surface area contributed by atoms with Gasteiger partial charge in [0, 0.05) is 17.9 Å². The quantitative estimate of drug-likeness (QED) is 0.870. The van der Waals surface area contributed by atoms with Gasteiger partial charge in [0.25, 0.3) is 0 Å². The third-order valence-corrected chi connectivity index (χ3v) is 4.70. The summed E-state index contributed by atoms with van der Waals surface area (Å²) in [6.45, 7) is 4.13. The smallest absolute Gasteiger partial charge is 0.231 e. The van der Waals surface area contributed by atoms with E-state index in [1.807, 2.05) is 43.3 Å². The van der Waals surface area contributed by atoms with Crippen molar-refractivity contribution in [3.8, 4) is 0 Å². The fourth-order valence-corrected chi connectivity index (χ4v) is 3.62. The molecule has 0 saturated heterocycles. The van der Waals surface area contributed by atoms with Crippen LogP contribution in [0.25, 0.3) is 0 Å². The lowest BCUT2D eigenvalue weighted by molar-refractivity contribution is -0.118. The number of hydrogen-bond donors (Lipinski definition) is 1. The summed E-state index contributed by atoms with van der Waals surface area (Å²) in [5.41, 5.74) is 4.73. The minimum Gasteiger partial charge on any atom is -0.324 e. The summed E-state index contributed by atoms with van der Waals surface area (Å²) in [5.74, 6) is -0.0922. The third-order valence-electron chi connectivity index (χ3n) is 4.24. The van der Waals surface area contributed by atoms with Crippen molar-refractivity contribution in [3.05, 3.63) is 57.6 Å². The molecule has 2 amide bonds. The Kier molecular flexibility index (Phi) is 4.71. The van der Waals surface area contributed by atoms with Gasteiger partial charge in [0.2, 0.25) is 11.8 Å². The van der Waals surface area contributed by atoms with Crippen LogP contribution in [-0.2, 0) is 22.4 Å². The Hall–Kier alpha value is -2.14. The van der Waals surface area contributed by atoms with Crippen molar-refractivity contribution in [2.45, 2.75) is 26.7 Å². The average Bonchev–Trinajstić information content (AvgIpc) is 2.93. The maximum atomic E-state index is 12.9. The van der Waals surface area contributed by atoms with Crippen LogP contribution in [-0.4, -0.2) is 18.4 Å². The predicted molar refractivity (Wildman–Crippen MR) is 99.4 cm³/mol. The Labute approximate surface area is 150 Å². The first-order valence-electron chi connectivity index (χ1n) is 7.90. The molecule has 0 bridgehead atoms. The summed E-state index contributed by atoms with van der Waals surface area (Å²) < 4.78 is 0.901. The molecule has 0 aliphatic carbocycles. The van der Waals surface area contributed by atoms with Crippen LogP contribution < -0.4 is 10.2 Å². The number of halogens is 1. The fourth-order valence-electron chi connectivity index (χ4n) is 3.11. The summed E-state index contributed by atoms with van der Waals surface area (Å²) in [4.78, 5) is 26.2. The topological polar surface area (TPSA) is 49.4 Å². The highest BCUT2D eigenvalue weighted by atomic mass is 79.9. The van der Waals surface area contributed by atoms with E-state index in [-0.39, 0.29) is 11.8 Å². The van der Waals surface area contributed by atoms with Crippen molar-refractivity contribution < 1.29 is 9.59 Å². The third kappa shape index (κ3) is 3.36. The van der Waals surface area contributed by atoms with Gasteiger partial charge in [0.15, 0.2) is 0 Å². The largest absolute Gasteiger partial charge is 0.324 e. The maximum absolute atomic E-state index is 12.9. The van der Waals surface area contributed by atoms with E-state index in [0.717, 1.165) is 33.3 Å². The van der Waals surface area contributed by atoms with E-state index in [0.29, 0.717) is 18.7 Å². The van der Waals surface area contributed by atoms with E-state index in [1.54, 1.807) is 4.90 Å². The highest BCUT2D eigenvalue weighted by Crippen LogP contribution is 2.38. The SMILES string of the molecule is CC(=O)Nc1cc(Br)cc2c1N(C(=O)Cc1ccccc1C)CC2. The van der Waals surface area contributed by atoms with Gasteiger partial charge in [-0.1, -0.05) is 40.2 Å². The number of anilines is 2. The molecule has 5 heteroatoms. The van der Waals surface area contributed by atoms with Crippen LogP contribution in [0.5, 0.6) is 0 Å². The first-order valence-corrected chi connectivity index (χ1v) is 8.70. The van der Waals surface area contributed by atoms with E-state index >= 15 is 0 Å². The summed E-state index contributed by atoms with van der Waals surface area (Å²) in [5, 5.41) is 2.84. The minimum atomic E-state index is -0.145. The number of rotatable bonds is 3. The Morgan fingerprint density at radius 1 is 1.25 bits per heavy atom. The second kappa shape index (κ2) is 6.77.